The summed E-state index contributed by atoms with van der Waals surface area (Å²) >= 11 is 11.5. The molecule has 1 aliphatic rings. The molecule has 2 aromatic rings. The molecule has 198 valence electrons. The highest BCUT2D eigenvalue weighted by molar-refractivity contribution is 8.09. The third kappa shape index (κ3) is 6.80. The molecule has 15 heteroatoms. The molecule has 0 spiro atoms. The van der Waals surface area contributed by atoms with Crippen molar-refractivity contribution in [2.75, 3.05) is 12.3 Å². The second-order valence-electron chi connectivity index (χ2n) is 8.22. The zero-order valence-electron chi connectivity index (χ0n) is 19.6. The maximum atomic E-state index is 15.3. The number of alkyl halides is 2. The molecule has 0 amide bonds. The number of nitrogens with zero attached hydrogens (tertiary/aromatic N) is 2. The molecule has 3 rings (SSSR count). The number of para-hydroxylation sites is 1. The minimum Gasteiger partial charge on any atom is -0.462 e. The predicted molar refractivity (Wildman–Crippen MR) is 134 cm³/mol. The Morgan fingerprint density at radius 1 is 1.39 bits per heavy atom. The van der Waals surface area contributed by atoms with Crippen molar-refractivity contribution in [3.8, 4) is 5.75 Å². The molecule has 0 aliphatic carbocycles. The van der Waals surface area contributed by atoms with Gasteiger partial charge in [0.25, 0.3) is 5.13 Å². The van der Waals surface area contributed by atoms with Gasteiger partial charge in [-0.3, -0.25) is 9.36 Å². The van der Waals surface area contributed by atoms with Crippen LogP contribution in [0.5, 0.6) is 5.75 Å². The number of carbonyl (C=O) groups excluding carboxylic acids is 1. The molecular formula is C21H27ClFN4O7PS. The molecule has 0 bridgehead atoms. The number of aliphatic hydroxyl groups is 1. The van der Waals surface area contributed by atoms with E-state index in [0.717, 1.165) is 10.8 Å². The van der Waals surface area contributed by atoms with Crippen molar-refractivity contribution in [1.82, 2.24) is 14.6 Å². The molecule has 1 aromatic carbocycles. The van der Waals surface area contributed by atoms with E-state index < -0.39 is 54.5 Å². The van der Waals surface area contributed by atoms with Crippen LogP contribution in [0.4, 0.5) is 10.2 Å². The van der Waals surface area contributed by atoms with Gasteiger partial charge in [0, 0.05) is 6.20 Å². The Morgan fingerprint density at radius 3 is 2.67 bits per heavy atom. The number of aliphatic hydroxyl groups excluding tert-OH is 1. The quantitative estimate of drug-likeness (QED) is 0.222. The van der Waals surface area contributed by atoms with Crippen LogP contribution in [0.1, 0.15) is 27.0 Å². The standard InChI is InChI=1S/C21H27ClFN4O7PS/c1-12(2)32-18(29)13(3)26-35(36,34-14-7-5-4-6-8-14)31-11-15-17(28)21(22,23)19(33-15)27-10-9-16(24)25-20(27)30/h4-10,12-13,15,17,19,28H,11H2,1-3H3,(H,26,36)(H2,24,25,30)/t13-,15-,17-,19-,21+,35-/m1/s1. The number of ether oxygens (including phenoxy) is 2. The van der Waals surface area contributed by atoms with Crippen molar-refractivity contribution >= 4 is 41.8 Å². The van der Waals surface area contributed by atoms with Crippen molar-refractivity contribution in [3.05, 3.63) is 53.1 Å². The van der Waals surface area contributed by atoms with Gasteiger partial charge >= 0.3 is 18.3 Å². The molecule has 0 saturated carbocycles. The fourth-order valence-corrected chi connectivity index (χ4v) is 5.93. The van der Waals surface area contributed by atoms with E-state index in [9.17, 15) is 14.7 Å². The normalized spacial score (nSPS) is 26.4. The Bertz CT molecular complexity index is 1170. The highest BCUT2D eigenvalue weighted by atomic mass is 35.5. The smallest absolute Gasteiger partial charge is 0.351 e. The lowest BCUT2D eigenvalue weighted by atomic mass is 10.1. The lowest BCUT2D eigenvalue weighted by molar-refractivity contribution is -0.149. The molecule has 36 heavy (non-hydrogen) atoms. The summed E-state index contributed by atoms with van der Waals surface area (Å²) in [6.45, 7) is 0.933. The van der Waals surface area contributed by atoms with Crippen molar-refractivity contribution in [2.24, 2.45) is 0 Å². The van der Waals surface area contributed by atoms with Gasteiger partial charge in [0.15, 0.2) is 6.23 Å². The lowest BCUT2D eigenvalue weighted by Gasteiger charge is -2.28. The molecule has 6 atom stereocenters. The molecule has 1 aliphatic heterocycles. The first kappa shape index (κ1) is 28.5. The first-order valence-corrected chi connectivity index (χ1v) is 13.9. The maximum absolute atomic E-state index is 15.3. The van der Waals surface area contributed by atoms with Crippen molar-refractivity contribution in [1.29, 1.82) is 0 Å². The van der Waals surface area contributed by atoms with Gasteiger partial charge in [-0.25, -0.2) is 14.3 Å². The summed E-state index contributed by atoms with van der Waals surface area (Å²) in [4.78, 5) is 28.0. The first-order valence-electron chi connectivity index (χ1n) is 10.9. The number of halogens is 2. The van der Waals surface area contributed by atoms with Crippen LogP contribution in [0.3, 0.4) is 0 Å². The number of nitrogens with one attached hydrogen (secondary N) is 1. The van der Waals surface area contributed by atoms with Crippen LogP contribution in [0.2, 0.25) is 0 Å². The van der Waals surface area contributed by atoms with Crippen LogP contribution in [0.15, 0.2) is 47.4 Å². The highest BCUT2D eigenvalue weighted by Crippen LogP contribution is 2.48. The first-order chi connectivity index (χ1) is 16.8. The van der Waals surface area contributed by atoms with E-state index >= 15 is 4.39 Å². The number of nitrogens with two attached hydrogens (primary N) is 1. The summed E-state index contributed by atoms with van der Waals surface area (Å²) in [5.41, 5.74) is 4.55. The Morgan fingerprint density at radius 2 is 2.06 bits per heavy atom. The number of nitrogen functional groups attached to an aromatic ring is 1. The van der Waals surface area contributed by atoms with E-state index in [-0.39, 0.29) is 11.9 Å². The molecule has 2 heterocycles. The summed E-state index contributed by atoms with van der Waals surface area (Å²) in [5.74, 6) is -0.320. The van der Waals surface area contributed by atoms with Crippen LogP contribution < -0.4 is 21.0 Å². The Hall–Kier alpha value is -2.12. The fourth-order valence-electron chi connectivity index (χ4n) is 3.22. The number of aromatic nitrogens is 2. The maximum Gasteiger partial charge on any atom is 0.351 e. The van der Waals surface area contributed by atoms with Crippen molar-refractivity contribution in [2.45, 2.75) is 56.5 Å². The van der Waals surface area contributed by atoms with Crippen LogP contribution >= 0.6 is 18.2 Å². The molecule has 1 fully saturated rings. The summed E-state index contributed by atoms with van der Waals surface area (Å²) < 4.78 is 38.4. The average Bonchev–Trinajstić information content (AvgIpc) is 3.01. The van der Waals surface area contributed by atoms with Crippen LogP contribution in [0, 0.1) is 0 Å². The van der Waals surface area contributed by atoms with Crippen molar-refractivity contribution in [3.63, 3.8) is 0 Å². The molecule has 0 radical (unpaired) electrons. The molecule has 0 unspecified atom stereocenters. The van der Waals surface area contributed by atoms with Gasteiger partial charge in [-0.1, -0.05) is 29.8 Å². The topological polar surface area (TPSA) is 147 Å². The van der Waals surface area contributed by atoms with Gasteiger partial charge in [-0.15, -0.1) is 0 Å². The third-order valence-electron chi connectivity index (χ3n) is 4.92. The fraction of sp³-hybridized carbons (Fsp3) is 0.476. The largest absolute Gasteiger partial charge is 0.462 e. The summed E-state index contributed by atoms with van der Waals surface area (Å²) in [6, 6.07) is 8.79. The Balaban J connectivity index is 1.79. The third-order valence-corrected chi connectivity index (χ3v) is 7.83. The number of carbonyl (C=O) groups is 1. The molecule has 1 aromatic heterocycles. The number of hydrogen-bond donors (Lipinski definition) is 3. The minimum absolute atomic E-state index is 0.0800. The van der Waals surface area contributed by atoms with Crippen LogP contribution in [0.25, 0.3) is 0 Å². The van der Waals surface area contributed by atoms with Crippen LogP contribution in [-0.2, 0) is 30.6 Å². The average molecular weight is 565 g/mol. The number of anilines is 1. The van der Waals surface area contributed by atoms with Gasteiger partial charge in [-0.05, 0) is 50.8 Å². The number of benzene rings is 1. The second kappa shape index (κ2) is 11.5. The van der Waals surface area contributed by atoms with Gasteiger partial charge in [-0.2, -0.15) is 4.98 Å². The highest BCUT2D eigenvalue weighted by Gasteiger charge is 2.58. The van der Waals surface area contributed by atoms with Gasteiger partial charge < -0.3 is 29.4 Å². The number of hydrogen-bond acceptors (Lipinski definition) is 10. The Kier molecular flexibility index (Phi) is 9.10. The summed E-state index contributed by atoms with van der Waals surface area (Å²) in [6.07, 6.45) is -4.22. The van der Waals surface area contributed by atoms with Gasteiger partial charge in [0.2, 0.25) is 0 Å². The van der Waals surface area contributed by atoms with Crippen LogP contribution in [-0.4, -0.2) is 56.7 Å². The van der Waals surface area contributed by atoms with E-state index in [1.807, 2.05) is 0 Å². The molecule has 1 saturated heterocycles. The van der Waals surface area contributed by atoms with E-state index in [2.05, 4.69) is 10.1 Å². The minimum atomic E-state index is -3.49. The number of esters is 1. The zero-order chi connectivity index (χ0) is 26.7. The summed E-state index contributed by atoms with van der Waals surface area (Å²) in [5, 5.41) is 10.4. The molecule has 11 nitrogen and oxygen atoms in total. The predicted octanol–water partition coefficient (Wildman–Crippen LogP) is 2.24. The monoisotopic (exact) mass is 564 g/mol. The van der Waals surface area contributed by atoms with Gasteiger partial charge in [0.1, 0.15) is 29.8 Å². The zero-order valence-corrected chi connectivity index (χ0v) is 22.1. The summed E-state index contributed by atoms with van der Waals surface area (Å²) in [7, 11) is 0. The van der Waals surface area contributed by atoms with E-state index in [0.29, 0.717) is 5.75 Å². The Labute approximate surface area is 216 Å². The van der Waals surface area contributed by atoms with E-state index in [4.69, 9.17) is 47.7 Å². The van der Waals surface area contributed by atoms with Crippen molar-refractivity contribution < 1.29 is 32.8 Å². The molecule has 4 N–H and O–H groups in total. The SMILES string of the molecule is CC(C)OC(=O)[C@@H](C)N[P@@](=S)(OC[C@H]1O[C@@H](n2ccc(N)nc2=O)[C@](F)(Cl)[C@@H]1O)Oc1ccccc1. The van der Waals surface area contributed by atoms with E-state index in [1.54, 1.807) is 44.2 Å². The lowest BCUT2D eigenvalue weighted by Crippen LogP contribution is -2.41. The van der Waals surface area contributed by atoms with Gasteiger partial charge in [0.05, 0.1) is 12.7 Å². The molecular weight excluding hydrogens is 538 g/mol. The number of rotatable bonds is 10. The second-order valence-corrected chi connectivity index (χ2v) is 11.9. The van der Waals surface area contributed by atoms with E-state index in [1.165, 1.54) is 13.0 Å².